The topological polar surface area (TPSA) is 20.2 Å². The highest BCUT2D eigenvalue weighted by atomic mass is 16.3. The van der Waals surface area contributed by atoms with Gasteiger partial charge in [0, 0.05) is 0 Å². The van der Waals surface area contributed by atoms with Crippen molar-refractivity contribution in [3.8, 4) is 0 Å². The molecular weight excluding hydrogens is 208 g/mol. The molecule has 0 aromatic heterocycles. The zero-order valence-electron chi connectivity index (χ0n) is 11.8. The Bertz CT molecular complexity index is 220. The molecule has 0 aliphatic heterocycles. The molecule has 0 fully saturated rings. The monoisotopic (exact) mass is 238 g/mol. The second-order valence-electron chi connectivity index (χ2n) is 5.49. The highest BCUT2D eigenvalue weighted by Crippen LogP contribution is 2.27. The van der Waals surface area contributed by atoms with Crippen LogP contribution < -0.4 is 0 Å². The number of hydrogen-bond acceptors (Lipinski definition) is 1. The second-order valence-corrected chi connectivity index (χ2v) is 5.49. The molecule has 0 heterocycles. The SMILES string of the molecule is CCCCC(CC)C(O)C1=CCCCCCC1. The van der Waals surface area contributed by atoms with E-state index in [4.69, 9.17) is 0 Å². The summed E-state index contributed by atoms with van der Waals surface area (Å²) >= 11 is 0. The highest BCUT2D eigenvalue weighted by Gasteiger charge is 2.20. The van der Waals surface area contributed by atoms with Crippen LogP contribution in [0, 0.1) is 5.92 Å². The summed E-state index contributed by atoms with van der Waals surface area (Å²) < 4.78 is 0. The van der Waals surface area contributed by atoms with Crippen molar-refractivity contribution in [1.82, 2.24) is 0 Å². The molecule has 17 heavy (non-hydrogen) atoms. The summed E-state index contributed by atoms with van der Waals surface area (Å²) in [6, 6.07) is 0. The van der Waals surface area contributed by atoms with Gasteiger partial charge in [0.25, 0.3) is 0 Å². The summed E-state index contributed by atoms with van der Waals surface area (Å²) in [6.45, 7) is 4.45. The van der Waals surface area contributed by atoms with Gasteiger partial charge in [0.05, 0.1) is 6.10 Å². The fraction of sp³-hybridized carbons (Fsp3) is 0.875. The van der Waals surface area contributed by atoms with Gasteiger partial charge >= 0.3 is 0 Å². The van der Waals surface area contributed by atoms with Gasteiger partial charge in [-0.3, -0.25) is 0 Å². The molecule has 1 N–H and O–H groups in total. The van der Waals surface area contributed by atoms with Crippen molar-refractivity contribution in [2.45, 2.75) is 84.2 Å². The molecule has 0 bridgehead atoms. The molecule has 2 unspecified atom stereocenters. The summed E-state index contributed by atoms with van der Waals surface area (Å²) in [5, 5.41) is 10.5. The third-order valence-corrected chi connectivity index (χ3v) is 4.11. The fourth-order valence-electron chi connectivity index (χ4n) is 2.84. The zero-order chi connectivity index (χ0) is 12.5. The van der Waals surface area contributed by atoms with Crippen LogP contribution in [0.5, 0.6) is 0 Å². The smallest absolute Gasteiger partial charge is 0.0778 e. The van der Waals surface area contributed by atoms with Crippen molar-refractivity contribution < 1.29 is 5.11 Å². The maximum absolute atomic E-state index is 10.5. The first-order chi connectivity index (χ1) is 8.29. The summed E-state index contributed by atoms with van der Waals surface area (Å²) in [7, 11) is 0. The van der Waals surface area contributed by atoms with Crippen LogP contribution >= 0.6 is 0 Å². The van der Waals surface area contributed by atoms with Crippen LogP contribution in [0.1, 0.15) is 78.1 Å². The molecule has 0 saturated heterocycles. The normalized spacial score (nSPS) is 21.2. The van der Waals surface area contributed by atoms with E-state index in [1.165, 1.54) is 56.9 Å². The number of aliphatic hydroxyl groups excluding tert-OH is 1. The Kier molecular flexibility index (Phi) is 7.59. The van der Waals surface area contributed by atoms with E-state index in [0.717, 1.165) is 12.8 Å². The van der Waals surface area contributed by atoms with Crippen molar-refractivity contribution >= 4 is 0 Å². The molecule has 1 aliphatic carbocycles. The predicted octanol–water partition coefficient (Wildman–Crippen LogP) is 4.84. The van der Waals surface area contributed by atoms with Crippen LogP contribution in [0.2, 0.25) is 0 Å². The maximum atomic E-state index is 10.5. The van der Waals surface area contributed by atoms with E-state index >= 15 is 0 Å². The lowest BCUT2D eigenvalue weighted by atomic mass is 9.85. The van der Waals surface area contributed by atoms with Gasteiger partial charge in [0.2, 0.25) is 0 Å². The summed E-state index contributed by atoms with van der Waals surface area (Å²) in [4.78, 5) is 0. The van der Waals surface area contributed by atoms with Gasteiger partial charge in [0.15, 0.2) is 0 Å². The van der Waals surface area contributed by atoms with E-state index in [1.807, 2.05) is 0 Å². The average Bonchev–Trinajstić information content (AvgIpc) is 2.29. The van der Waals surface area contributed by atoms with Gasteiger partial charge in [-0.15, -0.1) is 0 Å². The lowest BCUT2D eigenvalue weighted by molar-refractivity contribution is 0.126. The summed E-state index contributed by atoms with van der Waals surface area (Å²) in [5.74, 6) is 0.487. The Hall–Kier alpha value is -0.300. The summed E-state index contributed by atoms with van der Waals surface area (Å²) in [6.07, 6.45) is 14.6. The molecule has 0 radical (unpaired) electrons. The van der Waals surface area contributed by atoms with E-state index in [-0.39, 0.29) is 6.10 Å². The van der Waals surface area contributed by atoms with E-state index in [9.17, 15) is 5.11 Å². The lowest BCUT2D eigenvalue weighted by Gasteiger charge is -2.25. The van der Waals surface area contributed by atoms with Gasteiger partial charge in [-0.25, -0.2) is 0 Å². The molecule has 0 spiro atoms. The minimum absolute atomic E-state index is 0.162. The van der Waals surface area contributed by atoms with Crippen LogP contribution in [0.3, 0.4) is 0 Å². The predicted molar refractivity (Wildman–Crippen MR) is 75.1 cm³/mol. The van der Waals surface area contributed by atoms with Crippen LogP contribution in [-0.4, -0.2) is 11.2 Å². The molecule has 0 aromatic rings. The number of aliphatic hydroxyl groups is 1. The van der Waals surface area contributed by atoms with E-state index in [0.29, 0.717) is 5.92 Å². The molecule has 2 atom stereocenters. The molecule has 1 aliphatic rings. The number of allylic oxidation sites excluding steroid dienone is 1. The van der Waals surface area contributed by atoms with Gasteiger partial charge < -0.3 is 5.11 Å². The van der Waals surface area contributed by atoms with Crippen molar-refractivity contribution in [2.75, 3.05) is 0 Å². The van der Waals surface area contributed by atoms with Gasteiger partial charge in [-0.05, 0) is 43.6 Å². The largest absolute Gasteiger partial charge is 0.388 e. The van der Waals surface area contributed by atoms with Crippen LogP contribution in [0.4, 0.5) is 0 Å². The molecule has 1 rings (SSSR count). The van der Waals surface area contributed by atoms with Crippen LogP contribution in [0.15, 0.2) is 11.6 Å². The second kappa shape index (κ2) is 8.74. The number of rotatable bonds is 6. The highest BCUT2D eigenvalue weighted by molar-refractivity contribution is 5.10. The van der Waals surface area contributed by atoms with Crippen molar-refractivity contribution in [2.24, 2.45) is 5.92 Å². The minimum Gasteiger partial charge on any atom is -0.388 e. The minimum atomic E-state index is -0.162. The van der Waals surface area contributed by atoms with E-state index in [1.54, 1.807) is 0 Å². The summed E-state index contributed by atoms with van der Waals surface area (Å²) in [5.41, 5.74) is 1.34. The quantitative estimate of drug-likeness (QED) is 0.656. The molecular formula is C16H30O. The first-order valence-electron chi connectivity index (χ1n) is 7.66. The zero-order valence-corrected chi connectivity index (χ0v) is 11.8. The molecule has 0 amide bonds. The Morgan fingerprint density at radius 1 is 1.18 bits per heavy atom. The van der Waals surface area contributed by atoms with Crippen molar-refractivity contribution in [3.05, 3.63) is 11.6 Å². The Labute approximate surface area is 107 Å². The molecule has 0 aromatic carbocycles. The molecule has 0 saturated carbocycles. The van der Waals surface area contributed by atoms with Crippen molar-refractivity contribution in [3.63, 3.8) is 0 Å². The van der Waals surface area contributed by atoms with E-state index in [2.05, 4.69) is 19.9 Å². The lowest BCUT2D eigenvalue weighted by Crippen LogP contribution is -2.22. The number of unbranched alkanes of at least 4 members (excludes halogenated alkanes) is 1. The van der Waals surface area contributed by atoms with Crippen LogP contribution in [-0.2, 0) is 0 Å². The molecule has 100 valence electrons. The van der Waals surface area contributed by atoms with Crippen LogP contribution in [0.25, 0.3) is 0 Å². The Balaban J connectivity index is 2.53. The van der Waals surface area contributed by atoms with Crippen molar-refractivity contribution in [1.29, 1.82) is 0 Å². The maximum Gasteiger partial charge on any atom is 0.0778 e. The van der Waals surface area contributed by atoms with Gasteiger partial charge in [0.1, 0.15) is 0 Å². The number of hydrogen-bond donors (Lipinski definition) is 1. The molecule has 1 nitrogen and oxygen atoms in total. The first kappa shape index (κ1) is 14.8. The first-order valence-corrected chi connectivity index (χ1v) is 7.66. The van der Waals surface area contributed by atoms with Gasteiger partial charge in [-0.2, -0.15) is 0 Å². The Morgan fingerprint density at radius 2 is 1.94 bits per heavy atom. The fourth-order valence-corrected chi connectivity index (χ4v) is 2.84. The molecule has 1 heteroatoms. The van der Waals surface area contributed by atoms with E-state index < -0.39 is 0 Å². The van der Waals surface area contributed by atoms with Gasteiger partial charge in [-0.1, -0.05) is 52.0 Å². The Morgan fingerprint density at radius 3 is 2.65 bits per heavy atom. The standard InChI is InChI=1S/C16H30O/c1-3-5-11-14(4-2)16(17)15-12-9-7-6-8-10-13-15/h12,14,16-17H,3-11,13H2,1-2H3. The third-order valence-electron chi connectivity index (χ3n) is 4.11. The average molecular weight is 238 g/mol. The third kappa shape index (κ3) is 5.25.